The SMILES string of the molecule is CC1(C)c2cc(N(c3ccc(C4CC5CCC4C5)cc3)c3cccc4ccc(C5CCCCC5)cc34)ccc2-c2cccc(-c3cccc4ccccc34)c21. The molecule has 4 aliphatic carbocycles. The molecule has 0 amide bonds. The normalized spacial score (nSPS) is 21.2. The zero-order chi connectivity index (χ0) is 36.7. The summed E-state index contributed by atoms with van der Waals surface area (Å²) in [4.78, 5) is 2.57. The highest BCUT2D eigenvalue weighted by atomic mass is 15.1. The lowest BCUT2D eigenvalue weighted by atomic mass is 9.78. The number of anilines is 3. The van der Waals surface area contributed by atoms with E-state index in [0.29, 0.717) is 5.92 Å². The minimum absolute atomic E-state index is 0.182. The summed E-state index contributed by atoms with van der Waals surface area (Å²) < 4.78 is 0. The highest BCUT2D eigenvalue weighted by molar-refractivity contribution is 6.02. The first-order valence-corrected chi connectivity index (χ1v) is 21.2. The average molecular weight is 714 g/mol. The molecule has 0 N–H and O–H groups in total. The van der Waals surface area contributed by atoms with Crippen LogP contribution in [0.3, 0.4) is 0 Å². The van der Waals surface area contributed by atoms with Crippen molar-refractivity contribution in [3.05, 3.63) is 162 Å². The molecule has 3 fully saturated rings. The monoisotopic (exact) mass is 713 g/mol. The van der Waals surface area contributed by atoms with Crippen molar-refractivity contribution in [2.75, 3.05) is 4.90 Å². The van der Waals surface area contributed by atoms with Crippen LogP contribution in [-0.2, 0) is 5.41 Å². The van der Waals surface area contributed by atoms with E-state index in [0.717, 1.165) is 17.8 Å². The molecular formula is C54H51N. The zero-order valence-electron chi connectivity index (χ0n) is 32.4. The van der Waals surface area contributed by atoms with E-state index >= 15 is 0 Å². The van der Waals surface area contributed by atoms with Crippen molar-refractivity contribution in [1.29, 1.82) is 0 Å². The van der Waals surface area contributed by atoms with E-state index in [1.807, 2.05) is 0 Å². The molecule has 0 spiro atoms. The Hall–Kier alpha value is -5.14. The van der Waals surface area contributed by atoms with Gasteiger partial charge in [0.15, 0.2) is 0 Å². The first-order valence-electron chi connectivity index (χ1n) is 21.2. The number of hydrogen-bond acceptors (Lipinski definition) is 1. The Labute approximate surface area is 327 Å². The van der Waals surface area contributed by atoms with Crippen LogP contribution < -0.4 is 4.90 Å². The van der Waals surface area contributed by atoms with Crippen LogP contribution in [0.4, 0.5) is 17.1 Å². The third-order valence-electron chi connectivity index (χ3n) is 14.5. The van der Waals surface area contributed by atoms with Crippen LogP contribution in [0.5, 0.6) is 0 Å². The van der Waals surface area contributed by atoms with E-state index in [9.17, 15) is 0 Å². The Bertz CT molecular complexity index is 2580. The molecule has 0 heterocycles. The molecule has 0 saturated heterocycles. The minimum Gasteiger partial charge on any atom is -0.310 e. The smallest absolute Gasteiger partial charge is 0.0540 e. The third-order valence-corrected chi connectivity index (χ3v) is 14.5. The maximum atomic E-state index is 2.57. The largest absolute Gasteiger partial charge is 0.310 e. The summed E-state index contributed by atoms with van der Waals surface area (Å²) in [5, 5.41) is 5.27. The molecule has 3 atom stereocenters. The molecule has 3 saturated carbocycles. The van der Waals surface area contributed by atoms with Gasteiger partial charge in [0, 0.05) is 22.2 Å². The molecule has 0 aromatic heterocycles. The van der Waals surface area contributed by atoms with E-state index in [-0.39, 0.29) is 5.41 Å². The predicted molar refractivity (Wildman–Crippen MR) is 233 cm³/mol. The van der Waals surface area contributed by atoms with Crippen molar-refractivity contribution in [2.24, 2.45) is 11.8 Å². The van der Waals surface area contributed by atoms with Gasteiger partial charge in [0.05, 0.1) is 5.69 Å². The van der Waals surface area contributed by atoms with Gasteiger partial charge in [-0.1, -0.05) is 143 Å². The molecule has 1 heteroatoms. The third kappa shape index (κ3) is 5.41. The van der Waals surface area contributed by atoms with Crippen molar-refractivity contribution < 1.29 is 0 Å². The van der Waals surface area contributed by atoms with Crippen LogP contribution in [0.2, 0.25) is 0 Å². The summed E-state index contributed by atoms with van der Waals surface area (Å²) in [7, 11) is 0. The lowest BCUT2D eigenvalue weighted by Gasteiger charge is -2.30. The van der Waals surface area contributed by atoms with E-state index in [2.05, 4.69) is 158 Å². The van der Waals surface area contributed by atoms with Gasteiger partial charge >= 0.3 is 0 Å². The summed E-state index contributed by atoms with van der Waals surface area (Å²) in [6, 6.07) is 53.9. The maximum absolute atomic E-state index is 2.57. The van der Waals surface area contributed by atoms with Gasteiger partial charge in [-0.2, -0.15) is 0 Å². The molecular weight excluding hydrogens is 663 g/mol. The first kappa shape index (κ1) is 33.2. The Balaban J connectivity index is 1.06. The molecule has 11 rings (SSSR count). The second-order valence-electron chi connectivity index (χ2n) is 17.9. The molecule has 55 heavy (non-hydrogen) atoms. The predicted octanol–water partition coefficient (Wildman–Crippen LogP) is 15.4. The van der Waals surface area contributed by atoms with Gasteiger partial charge in [-0.25, -0.2) is 0 Å². The highest BCUT2D eigenvalue weighted by Crippen LogP contribution is 2.56. The lowest BCUT2D eigenvalue weighted by Crippen LogP contribution is -2.18. The van der Waals surface area contributed by atoms with E-state index in [4.69, 9.17) is 0 Å². The molecule has 7 aromatic carbocycles. The van der Waals surface area contributed by atoms with Crippen molar-refractivity contribution in [3.63, 3.8) is 0 Å². The van der Waals surface area contributed by atoms with E-state index in [1.165, 1.54) is 135 Å². The quantitative estimate of drug-likeness (QED) is 0.166. The standard InChI is InChI=1S/C54H51N/c1-54(2)51-34-43(29-30-46(51)48-19-10-18-47(53(48)54)45-17-8-14-37-13-6-7-16-44(37)45)55(42-27-25-39(26-28-42)49-32-35-21-22-41(49)31-35)52-20-9-15-38-23-24-40(33-50(38)52)36-11-4-3-5-12-36/h6-10,13-20,23-30,33-36,41,49H,3-5,11-12,21-22,31-32H2,1-2H3. The summed E-state index contributed by atoms with van der Waals surface area (Å²) in [5.74, 6) is 3.21. The fourth-order valence-corrected chi connectivity index (χ4v) is 11.8. The minimum atomic E-state index is -0.182. The van der Waals surface area contributed by atoms with Crippen LogP contribution >= 0.6 is 0 Å². The fourth-order valence-electron chi connectivity index (χ4n) is 11.8. The van der Waals surface area contributed by atoms with E-state index < -0.39 is 0 Å². The van der Waals surface area contributed by atoms with Crippen LogP contribution in [-0.4, -0.2) is 0 Å². The molecule has 0 radical (unpaired) electrons. The van der Waals surface area contributed by atoms with Gasteiger partial charge in [-0.05, 0) is 153 Å². The fraction of sp³-hybridized carbons (Fsp3) is 0.296. The number of benzene rings is 7. The zero-order valence-corrected chi connectivity index (χ0v) is 32.4. The second-order valence-corrected chi connectivity index (χ2v) is 17.9. The number of fused-ring (bicyclic) bond motifs is 7. The molecule has 2 bridgehead atoms. The Morgan fingerprint density at radius 2 is 1.20 bits per heavy atom. The number of nitrogens with zero attached hydrogens (tertiary/aromatic N) is 1. The summed E-state index contributed by atoms with van der Waals surface area (Å²) in [5.41, 5.74) is 14.8. The van der Waals surface area contributed by atoms with Gasteiger partial charge in [0.25, 0.3) is 0 Å². The van der Waals surface area contributed by atoms with Gasteiger partial charge in [0.2, 0.25) is 0 Å². The van der Waals surface area contributed by atoms with Crippen molar-refractivity contribution in [1.82, 2.24) is 0 Å². The topological polar surface area (TPSA) is 3.24 Å². The molecule has 0 aliphatic heterocycles. The molecule has 7 aromatic rings. The van der Waals surface area contributed by atoms with Gasteiger partial charge in [0.1, 0.15) is 0 Å². The first-order chi connectivity index (χ1) is 27.0. The number of rotatable bonds is 6. The van der Waals surface area contributed by atoms with Crippen LogP contribution in [0, 0.1) is 11.8 Å². The Kier molecular flexibility index (Phi) is 7.84. The van der Waals surface area contributed by atoms with Gasteiger partial charge < -0.3 is 4.90 Å². The summed E-state index contributed by atoms with van der Waals surface area (Å²) in [6.45, 7) is 4.89. The molecule has 4 aliphatic rings. The van der Waals surface area contributed by atoms with Crippen LogP contribution in [0.25, 0.3) is 43.8 Å². The van der Waals surface area contributed by atoms with Gasteiger partial charge in [-0.15, -0.1) is 0 Å². The maximum Gasteiger partial charge on any atom is 0.0540 e. The highest BCUT2D eigenvalue weighted by Gasteiger charge is 2.41. The Morgan fingerprint density at radius 3 is 2.00 bits per heavy atom. The molecule has 3 unspecified atom stereocenters. The van der Waals surface area contributed by atoms with Crippen LogP contribution in [0.1, 0.15) is 106 Å². The summed E-state index contributed by atoms with van der Waals surface area (Å²) in [6.07, 6.45) is 12.4. The number of hydrogen-bond donors (Lipinski definition) is 0. The summed E-state index contributed by atoms with van der Waals surface area (Å²) >= 11 is 0. The second kappa shape index (κ2) is 13.0. The van der Waals surface area contributed by atoms with Crippen LogP contribution in [0.15, 0.2) is 140 Å². The Morgan fingerprint density at radius 1 is 0.509 bits per heavy atom. The lowest BCUT2D eigenvalue weighted by molar-refractivity contribution is 0.420. The molecule has 272 valence electrons. The van der Waals surface area contributed by atoms with Crippen molar-refractivity contribution >= 4 is 38.6 Å². The van der Waals surface area contributed by atoms with E-state index in [1.54, 1.807) is 5.56 Å². The van der Waals surface area contributed by atoms with Crippen molar-refractivity contribution in [2.45, 2.75) is 88.9 Å². The van der Waals surface area contributed by atoms with Gasteiger partial charge in [-0.3, -0.25) is 0 Å². The molecule has 1 nitrogen and oxygen atoms in total. The average Bonchev–Trinajstić information content (AvgIpc) is 3.94. The van der Waals surface area contributed by atoms with Crippen molar-refractivity contribution in [3.8, 4) is 22.3 Å².